The highest BCUT2D eigenvalue weighted by molar-refractivity contribution is 5.93. The summed E-state index contributed by atoms with van der Waals surface area (Å²) >= 11 is 0. The summed E-state index contributed by atoms with van der Waals surface area (Å²) in [4.78, 5) is 16.3. The van der Waals surface area contributed by atoms with E-state index >= 15 is 0 Å². The van der Waals surface area contributed by atoms with E-state index in [0.29, 0.717) is 17.4 Å². The molecule has 3 nitrogen and oxygen atoms in total. The highest BCUT2D eigenvalue weighted by Crippen LogP contribution is 2.38. The number of nitrogens with one attached hydrogen (secondary N) is 1. The van der Waals surface area contributed by atoms with Crippen LogP contribution in [-0.2, 0) is 11.3 Å². The fraction of sp³-hybridized carbons (Fsp3) is 0.500. The van der Waals surface area contributed by atoms with Crippen LogP contribution in [-0.4, -0.2) is 13.0 Å². The Morgan fingerprint density at radius 3 is 2.88 bits per heavy atom. The van der Waals surface area contributed by atoms with Gasteiger partial charge in [-0.3, -0.25) is 9.63 Å². The van der Waals surface area contributed by atoms with Gasteiger partial charge in [0.2, 0.25) is 0 Å². The van der Waals surface area contributed by atoms with Gasteiger partial charge < -0.3 is 0 Å². The molecule has 2 rings (SSSR count). The molecule has 0 aliphatic heterocycles. The molecule has 0 saturated carbocycles. The van der Waals surface area contributed by atoms with Crippen molar-refractivity contribution < 1.29 is 9.63 Å². The zero-order valence-electron chi connectivity index (χ0n) is 10.6. The Hall–Kier alpha value is -1.35. The summed E-state index contributed by atoms with van der Waals surface area (Å²) < 4.78 is 0. The number of hydrogen-bond donors (Lipinski definition) is 1. The summed E-state index contributed by atoms with van der Waals surface area (Å²) in [7, 11) is 1.45. The second-order valence-electron chi connectivity index (χ2n) is 4.94. The van der Waals surface area contributed by atoms with Crippen LogP contribution in [0.2, 0.25) is 0 Å². The minimum Gasteiger partial charge on any atom is -0.277 e. The number of amides is 1. The number of fused-ring (bicyclic) bond motifs is 1. The van der Waals surface area contributed by atoms with E-state index in [0.717, 1.165) is 6.42 Å². The Bertz CT molecular complexity index is 426. The third-order valence-electron chi connectivity index (χ3n) is 3.53. The highest BCUT2D eigenvalue weighted by atomic mass is 16.6. The van der Waals surface area contributed by atoms with E-state index in [1.165, 1.54) is 24.7 Å². The van der Waals surface area contributed by atoms with E-state index in [-0.39, 0.29) is 5.91 Å². The predicted octanol–water partition coefficient (Wildman–Crippen LogP) is 2.66. The maximum absolute atomic E-state index is 11.7. The summed E-state index contributed by atoms with van der Waals surface area (Å²) in [6.45, 7) is 4.48. The maximum atomic E-state index is 11.7. The molecule has 1 atom stereocenters. The van der Waals surface area contributed by atoms with Crippen LogP contribution in [0.4, 0.5) is 0 Å². The Morgan fingerprint density at radius 2 is 2.24 bits per heavy atom. The quantitative estimate of drug-likeness (QED) is 0.815. The average Bonchev–Trinajstić information content (AvgIpc) is 2.71. The van der Waals surface area contributed by atoms with Crippen molar-refractivity contribution in [1.82, 2.24) is 5.48 Å². The van der Waals surface area contributed by atoms with E-state index in [2.05, 4.69) is 30.2 Å². The van der Waals surface area contributed by atoms with Gasteiger partial charge in [-0.1, -0.05) is 19.9 Å². The maximum Gasteiger partial charge on any atom is 0.274 e. The molecule has 0 radical (unpaired) electrons. The number of carbonyl (C=O) groups is 1. The van der Waals surface area contributed by atoms with Crippen LogP contribution in [0, 0.1) is 5.92 Å². The first kappa shape index (κ1) is 12.1. The van der Waals surface area contributed by atoms with Crippen molar-refractivity contribution in [3.8, 4) is 0 Å². The Labute approximate surface area is 102 Å². The van der Waals surface area contributed by atoms with Gasteiger partial charge in [-0.2, -0.15) is 0 Å². The highest BCUT2D eigenvalue weighted by Gasteiger charge is 2.25. The molecule has 1 unspecified atom stereocenters. The lowest BCUT2D eigenvalue weighted by Crippen LogP contribution is -2.22. The van der Waals surface area contributed by atoms with Crippen LogP contribution in [0.5, 0.6) is 0 Å². The normalized spacial score (nSPS) is 18.2. The predicted molar refractivity (Wildman–Crippen MR) is 66.8 cm³/mol. The molecule has 3 heteroatoms. The zero-order valence-corrected chi connectivity index (χ0v) is 10.6. The number of aryl methyl sites for hydroxylation is 1. The molecule has 1 aromatic rings. The number of rotatable bonds is 3. The van der Waals surface area contributed by atoms with E-state index in [9.17, 15) is 4.79 Å². The molecule has 1 aliphatic rings. The summed E-state index contributed by atoms with van der Waals surface area (Å²) in [6.07, 6.45) is 2.33. The Morgan fingerprint density at radius 1 is 1.47 bits per heavy atom. The van der Waals surface area contributed by atoms with Gasteiger partial charge in [0.25, 0.3) is 5.91 Å². The SMILES string of the molecule is CONC(=O)c1ccc2c(c1)C(C(C)C)CC2. The topological polar surface area (TPSA) is 38.3 Å². The van der Waals surface area contributed by atoms with Crippen molar-refractivity contribution in [2.24, 2.45) is 5.92 Å². The second kappa shape index (κ2) is 4.88. The average molecular weight is 233 g/mol. The van der Waals surface area contributed by atoms with E-state index in [4.69, 9.17) is 0 Å². The standard InChI is InChI=1S/C14H19NO2/c1-9(2)12-7-6-10-4-5-11(8-13(10)12)14(16)15-17-3/h4-5,8-9,12H,6-7H2,1-3H3,(H,15,16). The van der Waals surface area contributed by atoms with Gasteiger partial charge in [0, 0.05) is 5.56 Å². The van der Waals surface area contributed by atoms with Crippen LogP contribution in [0.15, 0.2) is 18.2 Å². The van der Waals surface area contributed by atoms with E-state index < -0.39 is 0 Å². The van der Waals surface area contributed by atoms with Crippen LogP contribution >= 0.6 is 0 Å². The lowest BCUT2D eigenvalue weighted by atomic mass is 9.89. The van der Waals surface area contributed by atoms with Crippen LogP contribution in [0.3, 0.4) is 0 Å². The minimum atomic E-state index is -0.176. The molecule has 1 aliphatic carbocycles. The van der Waals surface area contributed by atoms with Crippen molar-refractivity contribution in [1.29, 1.82) is 0 Å². The van der Waals surface area contributed by atoms with Crippen LogP contribution in [0.1, 0.15) is 47.7 Å². The molecule has 17 heavy (non-hydrogen) atoms. The van der Waals surface area contributed by atoms with Gasteiger partial charge >= 0.3 is 0 Å². The van der Waals surface area contributed by atoms with Gasteiger partial charge in [-0.15, -0.1) is 0 Å². The molecule has 0 bridgehead atoms. The molecular formula is C14H19NO2. The fourth-order valence-electron chi connectivity index (χ4n) is 2.62. The van der Waals surface area contributed by atoms with Gasteiger partial charge in [-0.05, 0) is 47.9 Å². The van der Waals surface area contributed by atoms with Gasteiger partial charge in [0.15, 0.2) is 0 Å². The summed E-state index contributed by atoms with van der Waals surface area (Å²) in [6, 6.07) is 5.96. The lowest BCUT2D eigenvalue weighted by Gasteiger charge is -2.16. The molecule has 1 amide bonds. The molecule has 0 fully saturated rings. The summed E-state index contributed by atoms with van der Waals surface area (Å²) in [5, 5.41) is 0. The van der Waals surface area contributed by atoms with Crippen molar-refractivity contribution in [3.63, 3.8) is 0 Å². The van der Waals surface area contributed by atoms with Crippen molar-refractivity contribution in [2.75, 3.05) is 7.11 Å². The molecule has 0 saturated heterocycles. The smallest absolute Gasteiger partial charge is 0.274 e. The lowest BCUT2D eigenvalue weighted by molar-refractivity contribution is 0.0537. The third kappa shape index (κ3) is 2.34. The van der Waals surface area contributed by atoms with Crippen molar-refractivity contribution >= 4 is 5.91 Å². The molecule has 92 valence electrons. The molecule has 0 spiro atoms. The van der Waals surface area contributed by atoms with Crippen LogP contribution in [0.25, 0.3) is 0 Å². The largest absolute Gasteiger partial charge is 0.277 e. The number of hydrogen-bond acceptors (Lipinski definition) is 2. The van der Waals surface area contributed by atoms with Gasteiger partial charge in [0.05, 0.1) is 7.11 Å². The first-order chi connectivity index (χ1) is 8.13. The van der Waals surface area contributed by atoms with Gasteiger partial charge in [-0.25, -0.2) is 5.48 Å². The summed E-state index contributed by atoms with van der Waals surface area (Å²) in [5.41, 5.74) is 5.76. The van der Waals surface area contributed by atoms with Crippen molar-refractivity contribution in [3.05, 3.63) is 34.9 Å². The molecular weight excluding hydrogens is 214 g/mol. The summed E-state index contributed by atoms with van der Waals surface area (Å²) in [5.74, 6) is 1.03. The number of carbonyl (C=O) groups excluding carboxylic acids is 1. The third-order valence-corrected chi connectivity index (χ3v) is 3.53. The minimum absolute atomic E-state index is 0.176. The first-order valence-electron chi connectivity index (χ1n) is 6.09. The molecule has 0 heterocycles. The van der Waals surface area contributed by atoms with Crippen LogP contribution < -0.4 is 5.48 Å². The monoisotopic (exact) mass is 233 g/mol. The number of hydroxylamine groups is 1. The van der Waals surface area contributed by atoms with Gasteiger partial charge in [0.1, 0.15) is 0 Å². The second-order valence-corrected chi connectivity index (χ2v) is 4.94. The zero-order chi connectivity index (χ0) is 12.4. The van der Waals surface area contributed by atoms with E-state index in [1.807, 2.05) is 12.1 Å². The van der Waals surface area contributed by atoms with E-state index in [1.54, 1.807) is 0 Å². The molecule has 1 N–H and O–H groups in total. The molecule has 1 aromatic carbocycles. The first-order valence-corrected chi connectivity index (χ1v) is 6.09. The number of benzene rings is 1. The molecule has 0 aromatic heterocycles. The fourth-order valence-corrected chi connectivity index (χ4v) is 2.62. The van der Waals surface area contributed by atoms with Crippen molar-refractivity contribution in [2.45, 2.75) is 32.6 Å². The Balaban J connectivity index is 2.30. The Kier molecular flexibility index (Phi) is 3.48.